The fourth-order valence-electron chi connectivity index (χ4n) is 2.18. The third-order valence-corrected chi connectivity index (χ3v) is 3.06. The third-order valence-electron chi connectivity index (χ3n) is 3.06. The molecule has 0 unspecified atom stereocenters. The lowest BCUT2D eigenvalue weighted by Gasteiger charge is -2.04. The molecule has 0 spiro atoms. The summed E-state index contributed by atoms with van der Waals surface area (Å²) < 4.78 is 95.1. The summed E-state index contributed by atoms with van der Waals surface area (Å²) in [5, 5.41) is 0.158. The van der Waals surface area contributed by atoms with Crippen LogP contribution >= 0.6 is 0 Å². The lowest BCUT2D eigenvalue weighted by atomic mass is 9.99. The fourth-order valence-corrected chi connectivity index (χ4v) is 2.18. The summed E-state index contributed by atoms with van der Waals surface area (Å²) in [6.45, 7) is 1.50. The highest BCUT2D eigenvalue weighted by atomic mass is 16.3. The van der Waals surface area contributed by atoms with Crippen molar-refractivity contribution in [3.8, 4) is 11.1 Å². The van der Waals surface area contributed by atoms with Gasteiger partial charge in [-0.1, -0.05) is 60.4 Å². The summed E-state index contributed by atoms with van der Waals surface area (Å²) >= 11 is 0. The maximum absolute atomic E-state index is 8.46. The molecular formula is C19H14O. The standard InChI is InChI=1S/C19H14O/c1-13-11-12-15(14-7-3-2-4-8-14)19-18(13)16-9-5-6-10-17(16)20-19/h2-12H,1H3/i2D,3D,4D,5D,6D,7D,8D,9D,10D,11D,12D. The minimum atomic E-state index is -0.615. The van der Waals surface area contributed by atoms with Gasteiger partial charge in [-0.25, -0.2) is 0 Å². The Balaban J connectivity index is 2.36. The monoisotopic (exact) mass is 269 g/mol. The zero-order valence-corrected chi connectivity index (χ0v) is 10.4. The molecule has 0 saturated carbocycles. The maximum atomic E-state index is 8.46. The second-order valence-electron chi connectivity index (χ2n) is 4.26. The van der Waals surface area contributed by atoms with Crippen molar-refractivity contribution in [3.63, 3.8) is 0 Å². The number of rotatable bonds is 1. The first-order valence-corrected chi connectivity index (χ1v) is 5.91. The molecule has 1 heterocycles. The number of hydrogen-bond acceptors (Lipinski definition) is 1. The Bertz CT molecular complexity index is 1420. The predicted octanol–water partition coefficient (Wildman–Crippen LogP) is 5.56. The van der Waals surface area contributed by atoms with Gasteiger partial charge in [0.05, 0.1) is 15.1 Å². The molecular weight excluding hydrogens is 244 g/mol. The van der Waals surface area contributed by atoms with Crippen molar-refractivity contribution in [3.05, 3.63) is 72.0 Å². The molecule has 0 amide bonds. The van der Waals surface area contributed by atoms with Gasteiger partial charge in [0.1, 0.15) is 11.2 Å². The minimum Gasteiger partial charge on any atom is -0.455 e. The van der Waals surface area contributed by atoms with Crippen molar-refractivity contribution in [2.45, 2.75) is 6.92 Å². The average Bonchev–Trinajstić information content (AvgIpc) is 3.14. The van der Waals surface area contributed by atoms with Crippen molar-refractivity contribution >= 4 is 21.9 Å². The molecule has 0 N–H and O–H groups in total. The molecule has 0 aliphatic carbocycles. The number of aryl methyl sites for hydroxylation is 1. The van der Waals surface area contributed by atoms with Gasteiger partial charge < -0.3 is 4.42 Å². The van der Waals surface area contributed by atoms with Crippen LogP contribution in [0.1, 0.15) is 20.6 Å². The molecule has 3 aromatic carbocycles. The van der Waals surface area contributed by atoms with Crippen molar-refractivity contribution in [2.24, 2.45) is 0 Å². The highest BCUT2D eigenvalue weighted by molar-refractivity contribution is 6.11. The summed E-state index contributed by atoms with van der Waals surface area (Å²) in [6.07, 6.45) is 0. The lowest BCUT2D eigenvalue weighted by Crippen LogP contribution is -1.81. The van der Waals surface area contributed by atoms with E-state index in [1.54, 1.807) is 0 Å². The van der Waals surface area contributed by atoms with Crippen LogP contribution in [-0.4, -0.2) is 0 Å². The highest BCUT2D eigenvalue weighted by Gasteiger charge is 2.13. The van der Waals surface area contributed by atoms with Crippen LogP contribution in [0.2, 0.25) is 0 Å². The van der Waals surface area contributed by atoms with E-state index in [1.165, 1.54) is 6.92 Å². The largest absolute Gasteiger partial charge is 0.455 e. The normalized spacial score (nSPS) is 18.9. The molecule has 0 aliphatic rings. The minimum absolute atomic E-state index is 0.0145. The number of benzene rings is 3. The number of para-hydroxylation sites is 1. The van der Waals surface area contributed by atoms with E-state index in [-0.39, 0.29) is 50.7 Å². The van der Waals surface area contributed by atoms with E-state index in [2.05, 4.69) is 0 Å². The van der Waals surface area contributed by atoms with Gasteiger partial charge in [0, 0.05) is 16.3 Å². The molecule has 1 heteroatoms. The summed E-state index contributed by atoms with van der Waals surface area (Å²) in [7, 11) is 0. The third kappa shape index (κ3) is 1.56. The van der Waals surface area contributed by atoms with E-state index in [1.807, 2.05) is 0 Å². The average molecular weight is 269 g/mol. The van der Waals surface area contributed by atoms with Crippen LogP contribution in [0.5, 0.6) is 0 Å². The Labute approximate surface area is 132 Å². The highest BCUT2D eigenvalue weighted by Crippen LogP contribution is 2.37. The zero-order valence-electron chi connectivity index (χ0n) is 21.4. The zero-order chi connectivity index (χ0) is 23.1. The Hall–Kier alpha value is -2.54. The Morgan fingerprint density at radius 3 is 2.45 bits per heavy atom. The summed E-state index contributed by atoms with van der Waals surface area (Å²) in [5.41, 5.74) is -0.652. The fraction of sp³-hybridized carbons (Fsp3) is 0.0526. The van der Waals surface area contributed by atoms with Crippen LogP contribution in [0.15, 0.2) is 70.9 Å². The first-order chi connectivity index (χ1) is 14.4. The molecule has 1 aromatic heterocycles. The van der Waals surface area contributed by atoms with E-state index in [0.717, 1.165) is 0 Å². The second kappa shape index (κ2) is 4.24. The first-order valence-electron chi connectivity index (χ1n) is 11.4. The molecule has 4 rings (SSSR count). The molecule has 0 aliphatic heterocycles. The summed E-state index contributed by atoms with van der Waals surface area (Å²) in [5.74, 6) is 0. The van der Waals surface area contributed by atoms with Crippen LogP contribution in [-0.2, 0) is 0 Å². The molecule has 0 saturated heterocycles. The van der Waals surface area contributed by atoms with Crippen molar-refractivity contribution in [1.82, 2.24) is 0 Å². The molecule has 0 radical (unpaired) electrons. The number of hydrogen-bond donors (Lipinski definition) is 0. The SMILES string of the molecule is [2H]c1c([2H])c([2H])c(-c2c([2H])c([2H])c(C)c3c2oc2c([2H])c([2H])c([2H])c([2H])c23)c([2H])c1[2H]. The van der Waals surface area contributed by atoms with E-state index in [9.17, 15) is 0 Å². The second-order valence-corrected chi connectivity index (χ2v) is 4.26. The Morgan fingerprint density at radius 2 is 1.60 bits per heavy atom. The summed E-state index contributed by atoms with van der Waals surface area (Å²) in [4.78, 5) is 0. The van der Waals surface area contributed by atoms with Gasteiger partial charge in [-0.05, 0) is 24.1 Å². The van der Waals surface area contributed by atoms with Gasteiger partial charge in [0.25, 0.3) is 0 Å². The number of furan rings is 1. The molecule has 0 atom stereocenters. The Kier molecular flexibility index (Phi) is 1.01. The molecule has 20 heavy (non-hydrogen) atoms. The molecule has 96 valence electrons. The van der Waals surface area contributed by atoms with Crippen LogP contribution in [0.4, 0.5) is 0 Å². The topological polar surface area (TPSA) is 13.1 Å². The quantitative estimate of drug-likeness (QED) is 0.441. The van der Waals surface area contributed by atoms with Crippen molar-refractivity contribution < 1.29 is 19.5 Å². The van der Waals surface area contributed by atoms with Gasteiger partial charge >= 0.3 is 0 Å². The van der Waals surface area contributed by atoms with Gasteiger partial charge in [0.2, 0.25) is 0 Å². The van der Waals surface area contributed by atoms with Crippen molar-refractivity contribution in [1.29, 1.82) is 0 Å². The molecule has 0 bridgehead atoms. The van der Waals surface area contributed by atoms with Gasteiger partial charge in [0.15, 0.2) is 0 Å². The molecule has 4 aromatic rings. The van der Waals surface area contributed by atoms with E-state index in [0.29, 0.717) is 0 Å². The Morgan fingerprint density at radius 1 is 0.850 bits per heavy atom. The summed E-state index contributed by atoms with van der Waals surface area (Å²) in [6, 6.07) is -5.58. The number of fused-ring (bicyclic) bond motifs is 3. The van der Waals surface area contributed by atoms with Gasteiger partial charge in [-0.3, -0.25) is 0 Å². The van der Waals surface area contributed by atoms with Crippen LogP contribution in [0.25, 0.3) is 33.1 Å². The van der Waals surface area contributed by atoms with Crippen LogP contribution in [0, 0.1) is 6.92 Å². The van der Waals surface area contributed by atoms with Crippen LogP contribution < -0.4 is 0 Å². The predicted molar refractivity (Wildman–Crippen MR) is 83.9 cm³/mol. The van der Waals surface area contributed by atoms with E-state index >= 15 is 0 Å². The van der Waals surface area contributed by atoms with Crippen LogP contribution in [0.3, 0.4) is 0 Å². The van der Waals surface area contributed by atoms with E-state index < -0.39 is 54.4 Å². The first kappa shape index (κ1) is 4.78. The molecule has 0 fully saturated rings. The van der Waals surface area contributed by atoms with Crippen molar-refractivity contribution in [2.75, 3.05) is 0 Å². The smallest absolute Gasteiger partial charge is 0.143 e. The maximum Gasteiger partial charge on any atom is 0.143 e. The lowest BCUT2D eigenvalue weighted by molar-refractivity contribution is 0.670. The van der Waals surface area contributed by atoms with Gasteiger partial charge in [-0.2, -0.15) is 0 Å². The molecule has 1 nitrogen and oxygen atoms in total. The van der Waals surface area contributed by atoms with E-state index in [4.69, 9.17) is 19.5 Å². The van der Waals surface area contributed by atoms with Gasteiger partial charge in [-0.15, -0.1) is 0 Å².